The summed E-state index contributed by atoms with van der Waals surface area (Å²) in [5, 5.41) is 0. The third-order valence-electron chi connectivity index (χ3n) is 10.5. The minimum absolute atomic E-state index is 0.0600. The van der Waals surface area contributed by atoms with Gasteiger partial charge in [-0.15, -0.1) is 0 Å². The Labute approximate surface area is 193 Å². The Morgan fingerprint density at radius 2 is 1.88 bits per heavy atom. The number of ether oxygens (including phenoxy) is 2. The summed E-state index contributed by atoms with van der Waals surface area (Å²) in [5.41, 5.74) is -0.196. The van der Waals surface area contributed by atoms with Gasteiger partial charge in [0.1, 0.15) is 11.9 Å². The highest BCUT2D eigenvalue weighted by molar-refractivity contribution is 5.87. The predicted octanol–water partition coefficient (Wildman–Crippen LogP) is 5.35. The molecular formula is C27H42O5. The Bertz CT molecular complexity index is 761. The van der Waals surface area contributed by atoms with Crippen LogP contribution in [0.5, 0.6) is 0 Å². The molecule has 0 spiro atoms. The molecule has 0 unspecified atom stereocenters. The summed E-state index contributed by atoms with van der Waals surface area (Å²) in [6.07, 6.45) is 9.62. The van der Waals surface area contributed by atoms with E-state index in [0.717, 1.165) is 25.7 Å². The molecule has 0 aromatic rings. The van der Waals surface area contributed by atoms with Gasteiger partial charge in [0.05, 0.1) is 7.11 Å². The number of esters is 2. The molecule has 180 valence electrons. The number of ketones is 1. The summed E-state index contributed by atoms with van der Waals surface area (Å²) >= 11 is 0. The molecule has 0 radical (unpaired) electrons. The Hall–Kier alpha value is -1.39. The number of rotatable bonds is 5. The van der Waals surface area contributed by atoms with Crippen LogP contribution < -0.4 is 0 Å². The van der Waals surface area contributed by atoms with E-state index in [1.165, 1.54) is 39.7 Å². The average molecular weight is 447 g/mol. The molecule has 32 heavy (non-hydrogen) atoms. The van der Waals surface area contributed by atoms with Crippen molar-refractivity contribution in [2.75, 3.05) is 7.11 Å². The van der Waals surface area contributed by atoms with E-state index in [4.69, 9.17) is 9.47 Å². The molecule has 0 amide bonds. The van der Waals surface area contributed by atoms with Crippen LogP contribution in [-0.2, 0) is 23.9 Å². The maximum Gasteiger partial charge on any atom is 0.305 e. The largest absolute Gasteiger partial charge is 0.469 e. The maximum absolute atomic E-state index is 13.9. The van der Waals surface area contributed by atoms with Crippen molar-refractivity contribution < 1.29 is 23.9 Å². The zero-order valence-corrected chi connectivity index (χ0v) is 20.7. The zero-order chi connectivity index (χ0) is 23.3. The first-order valence-electron chi connectivity index (χ1n) is 12.9. The van der Waals surface area contributed by atoms with Crippen LogP contribution in [0.25, 0.3) is 0 Å². The lowest BCUT2D eigenvalue weighted by molar-refractivity contribution is -0.190. The van der Waals surface area contributed by atoms with Gasteiger partial charge in [0.25, 0.3) is 0 Å². The molecule has 4 fully saturated rings. The number of hydrogen-bond acceptors (Lipinski definition) is 5. The monoisotopic (exact) mass is 446 g/mol. The van der Waals surface area contributed by atoms with Crippen LogP contribution in [0.4, 0.5) is 0 Å². The van der Waals surface area contributed by atoms with E-state index >= 15 is 0 Å². The van der Waals surface area contributed by atoms with Gasteiger partial charge in [-0.1, -0.05) is 33.6 Å². The van der Waals surface area contributed by atoms with Crippen molar-refractivity contribution in [3.63, 3.8) is 0 Å². The SMILES string of the molecule is COC(=O)CC[C@@H](C)[C@H]1CC[C@H]2[C@@H]3[C@H](OC(C)=O)C[C@@H]4CCCC[C@]4(C)[C@H]3CC(=O)[C@]12C. The lowest BCUT2D eigenvalue weighted by Crippen LogP contribution is -2.61. The number of Topliss-reactive ketones (excluding diaryl/α,β-unsaturated/α-hetero) is 1. The van der Waals surface area contributed by atoms with E-state index in [1.807, 2.05) is 0 Å². The Morgan fingerprint density at radius 1 is 1.12 bits per heavy atom. The standard InChI is InChI=1S/C27H42O5/c1-16(9-12-24(30)31-5)19-10-11-20-25-21(15-23(29)27(19,20)4)26(3)13-7-6-8-18(26)14-22(25)32-17(2)28/h16,18-22,25H,6-15H2,1-5H3/t16-,18+,19-,20+,21+,22-,25+,26+,27-/m1/s1. The van der Waals surface area contributed by atoms with Gasteiger partial charge in [-0.2, -0.15) is 0 Å². The minimum Gasteiger partial charge on any atom is -0.469 e. The Morgan fingerprint density at radius 3 is 2.56 bits per heavy atom. The van der Waals surface area contributed by atoms with E-state index in [-0.39, 0.29) is 46.6 Å². The van der Waals surface area contributed by atoms with Crippen molar-refractivity contribution in [2.45, 2.75) is 98.0 Å². The van der Waals surface area contributed by atoms with Crippen LogP contribution >= 0.6 is 0 Å². The first-order valence-corrected chi connectivity index (χ1v) is 12.9. The van der Waals surface area contributed by atoms with Crippen molar-refractivity contribution >= 4 is 17.7 Å². The third-order valence-corrected chi connectivity index (χ3v) is 10.5. The average Bonchev–Trinajstić information content (AvgIpc) is 3.11. The molecule has 5 nitrogen and oxygen atoms in total. The van der Waals surface area contributed by atoms with Gasteiger partial charge in [-0.25, -0.2) is 0 Å². The zero-order valence-electron chi connectivity index (χ0n) is 20.7. The number of carbonyl (C=O) groups excluding carboxylic acids is 3. The predicted molar refractivity (Wildman–Crippen MR) is 122 cm³/mol. The topological polar surface area (TPSA) is 69.7 Å². The lowest BCUT2D eigenvalue weighted by atomic mass is 9.43. The molecule has 4 rings (SSSR count). The van der Waals surface area contributed by atoms with Gasteiger partial charge >= 0.3 is 11.9 Å². The molecule has 0 N–H and O–H groups in total. The molecule has 9 atom stereocenters. The molecule has 0 aliphatic heterocycles. The quantitative estimate of drug-likeness (QED) is 0.533. The van der Waals surface area contributed by atoms with E-state index in [2.05, 4.69) is 20.8 Å². The second-order valence-electron chi connectivity index (χ2n) is 11.8. The first-order chi connectivity index (χ1) is 15.1. The van der Waals surface area contributed by atoms with Gasteiger partial charge < -0.3 is 9.47 Å². The fourth-order valence-corrected chi connectivity index (χ4v) is 8.87. The van der Waals surface area contributed by atoms with Crippen molar-refractivity contribution in [3.05, 3.63) is 0 Å². The van der Waals surface area contributed by atoms with E-state index in [1.54, 1.807) is 0 Å². The number of carbonyl (C=O) groups is 3. The second-order valence-corrected chi connectivity index (χ2v) is 11.8. The highest BCUT2D eigenvalue weighted by Gasteiger charge is 2.66. The van der Waals surface area contributed by atoms with Gasteiger partial charge in [0.15, 0.2) is 0 Å². The number of hydrogen-bond donors (Lipinski definition) is 0. The van der Waals surface area contributed by atoms with Crippen LogP contribution in [0.15, 0.2) is 0 Å². The molecular weight excluding hydrogens is 404 g/mol. The van der Waals surface area contributed by atoms with Crippen molar-refractivity contribution in [2.24, 2.45) is 46.3 Å². The van der Waals surface area contributed by atoms with E-state index in [9.17, 15) is 14.4 Å². The fourth-order valence-electron chi connectivity index (χ4n) is 8.87. The molecule has 5 heteroatoms. The maximum atomic E-state index is 13.9. The molecule has 0 saturated heterocycles. The lowest BCUT2D eigenvalue weighted by Gasteiger charge is -2.61. The van der Waals surface area contributed by atoms with Gasteiger partial charge in [-0.05, 0) is 73.5 Å². The van der Waals surface area contributed by atoms with Gasteiger partial charge in [-0.3, -0.25) is 14.4 Å². The normalized spacial score (nSPS) is 44.1. The summed E-state index contributed by atoms with van der Waals surface area (Å²) in [6, 6.07) is 0. The van der Waals surface area contributed by atoms with Crippen LogP contribution in [-0.4, -0.2) is 30.9 Å². The fraction of sp³-hybridized carbons (Fsp3) is 0.889. The van der Waals surface area contributed by atoms with E-state index in [0.29, 0.717) is 36.4 Å². The summed E-state index contributed by atoms with van der Waals surface area (Å²) in [7, 11) is 1.43. The molecule has 4 aliphatic rings. The van der Waals surface area contributed by atoms with Crippen LogP contribution in [0.1, 0.15) is 91.9 Å². The molecule has 0 bridgehead atoms. The van der Waals surface area contributed by atoms with Crippen molar-refractivity contribution in [1.82, 2.24) is 0 Å². The summed E-state index contributed by atoms with van der Waals surface area (Å²) < 4.78 is 10.9. The molecule has 4 saturated carbocycles. The van der Waals surface area contributed by atoms with Gasteiger partial charge in [0, 0.05) is 31.1 Å². The molecule has 4 aliphatic carbocycles. The molecule has 0 heterocycles. The highest BCUT2D eigenvalue weighted by Crippen LogP contribution is 2.67. The summed E-state index contributed by atoms with van der Waals surface area (Å²) in [6.45, 7) is 8.36. The second kappa shape index (κ2) is 8.76. The molecule has 0 aromatic carbocycles. The minimum atomic E-state index is -0.382. The van der Waals surface area contributed by atoms with Crippen LogP contribution in [0.3, 0.4) is 0 Å². The van der Waals surface area contributed by atoms with Crippen LogP contribution in [0.2, 0.25) is 0 Å². The Balaban J connectivity index is 1.64. The summed E-state index contributed by atoms with van der Waals surface area (Å²) in [5.74, 6) is 2.04. The third kappa shape index (κ3) is 3.72. The molecule has 0 aromatic heterocycles. The van der Waals surface area contributed by atoms with Crippen molar-refractivity contribution in [1.29, 1.82) is 0 Å². The van der Waals surface area contributed by atoms with Crippen molar-refractivity contribution in [3.8, 4) is 0 Å². The highest BCUT2D eigenvalue weighted by atomic mass is 16.5. The first kappa shape index (κ1) is 23.8. The van der Waals surface area contributed by atoms with E-state index < -0.39 is 0 Å². The number of methoxy groups -OCH3 is 1. The summed E-state index contributed by atoms with van der Waals surface area (Å²) in [4.78, 5) is 37.7. The smallest absolute Gasteiger partial charge is 0.305 e. The number of fused-ring (bicyclic) bond motifs is 5. The Kier molecular flexibility index (Phi) is 6.50. The van der Waals surface area contributed by atoms with Crippen LogP contribution in [0, 0.1) is 46.3 Å². The van der Waals surface area contributed by atoms with Gasteiger partial charge in [0.2, 0.25) is 0 Å².